The van der Waals surface area contributed by atoms with Crippen molar-refractivity contribution >= 4 is 22.9 Å². The highest BCUT2D eigenvalue weighted by molar-refractivity contribution is 7.13. The third-order valence-electron chi connectivity index (χ3n) is 3.80. The lowest BCUT2D eigenvalue weighted by Crippen LogP contribution is -2.12. The average molecular weight is 352 g/mol. The molecule has 25 heavy (non-hydrogen) atoms. The Kier molecular flexibility index (Phi) is 5.46. The van der Waals surface area contributed by atoms with Gasteiger partial charge in [0.25, 0.3) is 0 Å². The molecule has 0 radical (unpaired) electrons. The number of methoxy groups -OCH3 is 1. The number of hydrogen-bond acceptors (Lipinski definition) is 4. The predicted octanol–water partition coefficient (Wildman–Crippen LogP) is 4.70. The molecule has 128 valence electrons. The van der Waals surface area contributed by atoms with Crippen LogP contribution in [-0.4, -0.2) is 18.0 Å². The first kappa shape index (κ1) is 17.2. The van der Waals surface area contributed by atoms with Gasteiger partial charge in [-0.3, -0.25) is 4.79 Å². The van der Waals surface area contributed by atoms with Gasteiger partial charge in [0.15, 0.2) is 0 Å². The zero-order valence-electron chi connectivity index (χ0n) is 14.3. The maximum Gasteiger partial charge on any atom is 0.224 e. The SMILES string of the molecule is COc1ccc(-c2nc(CCC(=O)Nc3cccc(C)c3)cs2)cc1. The van der Waals surface area contributed by atoms with Crippen molar-refractivity contribution in [3.63, 3.8) is 0 Å². The fraction of sp³-hybridized carbons (Fsp3) is 0.200. The second-order valence-electron chi connectivity index (χ2n) is 5.79. The first-order valence-corrected chi connectivity index (χ1v) is 8.97. The Labute approximate surface area is 151 Å². The van der Waals surface area contributed by atoms with E-state index in [-0.39, 0.29) is 5.91 Å². The Hall–Kier alpha value is -2.66. The van der Waals surface area contributed by atoms with Crippen molar-refractivity contribution in [3.8, 4) is 16.3 Å². The van der Waals surface area contributed by atoms with Crippen LogP contribution in [0.4, 0.5) is 5.69 Å². The number of ether oxygens (including phenoxy) is 1. The van der Waals surface area contributed by atoms with Gasteiger partial charge in [0.05, 0.1) is 12.8 Å². The topological polar surface area (TPSA) is 51.2 Å². The molecule has 5 heteroatoms. The van der Waals surface area contributed by atoms with Crippen molar-refractivity contribution in [1.82, 2.24) is 4.98 Å². The molecule has 1 aromatic heterocycles. The summed E-state index contributed by atoms with van der Waals surface area (Å²) < 4.78 is 5.17. The number of thiazole rings is 1. The molecular weight excluding hydrogens is 332 g/mol. The Morgan fingerprint density at radius 2 is 2.00 bits per heavy atom. The molecule has 0 saturated heterocycles. The van der Waals surface area contributed by atoms with Crippen LogP contribution in [0.2, 0.25) is 0 Å². The summed E-state index contributed by atoms with van der Waals surface area (Å²) in [6.45, 7) is 2.01. The fourth-order valence-electron chi connectivity index (χ4n) is 2.48. The largest absolute Gasteiger partial charge is 0.497 e. The maximum atomic E-state index is 12.1. The summed E-state index contributed by atoms with van der Waals surface area (Å²) in [4.78, 5) is 16.7. The molecule has 1 N–H and O–H groups in total. The van der Waals surface area contributed by atoms with Crippen LogP contribution in [0.3, 0.4) is 0 Å². The van der Waals surface area contributed by atoms with E-state index in [9.17, 15) is 4.79 Å². The highest BCUT2D eigenvalue weighted by Crippen LogP contribution is 2.26. The number of rotatable bonds is 6. The molecule has 0 atom stereocenters. The van der Waals surface area contributed by atoms with E-state index in [0.717, 1.165) is 33.3 Å². The van der Waals surface area contributed by atoms with Crippen LogP contribution in [0, 0.1) is 6.92 Å². The third-order valence-corrected chi connectivity index (χ3v) is 4.74. The van der Waals surface area contributed by atoms with Crippen LogP contribution in [-0.2, 0) is 11.2 Å². The molecule has 0 aliphatic rings. The molecule has 0 unspecified atom stereocenters. The van der Waals surface area contributed by atoms with Crippen molar-refractivity contribution < 1.29 is 9.53 Å². The van der Waals surface area contributed by atoms with Crippen molar-refractivity contribution in [2.45, 2.75) is 19.8 Å². The van der Waals surface area contributed by atoms with E-state index in [1.54, 1.807) is 18.4 Å². The standard InChI is InChI=1S/C20H20N2O2S/c1-14-4-3-5-16(12-14)21-19(23)11-8-17-13-25-20(22-17)15-6-9-18(24-2)10-7-15/h3-7,9-10,12-13H,8,11H2,1-2H3,(H,21,23). The van der Waals surface area contributed by atoms with Gasteiger partial charge in [0.1, 0.15) is 10.8 Å². The van der Waals surface area contributed by atoms with E-state index in [4.69, 9.17) is 4.74 Å². The van der Waals surface area contributed by atoms with Crippen LogP contribution >= 0.6 is 11.3 Å². The zero-order chi connectivity index (χ0) is 17.6. The number of carbonyl (C=O) groups is 1. The first-order valence-electron chi connectivity index (χ1n) is 8.09. The Bertz CT molecular complexity index is 856. The van der Waals surface area contributed by atoms with E-state index >= 15 is 0 Å². The van der Waals surface area contributed by atoms with E-state index in [2.05, 4.69) is 10.3 Å². The summed E-state index contributed by atoms with van der Waals surface area (Å²) in [5.74, 6) is 0.831. The molecule has 3 rings (SSSR count). The van der Waals surface area contributed by atoms with E-state index in [1.165, 1.54) is 0 Å². The molecular formula is C20H20N2O2S. The van der Waals surface area contributed by atoms with Crippen LogP contribution in [0.1, 0.15) is 17.7 Å². The number of nitrogens with one attached hydrogen (secondary N) is 1. The second-order valence-corrected chi connectivity index (χ2v) is 6.65. The molecule has 3 aromatic rings. The fourth-order valence-corrected chi connectivity index (χ4v) is 3.34. The van der Waals surface area contributed by atoms with E-state index in [1.807, 2.05) is 60.8 Å². The Morgan fingerprint density at radius 1 is 1.20 bits per heavy atom. The van der Waals surface area contributed by atoms with Gasteiger partial charge in [-0.15, -0.1) is 11.3 Å². The average Bonchev–Trinajstić information content (AvgIpc) is 3.09. The number of anilines is 1. The minimum Gasteiger partial charge on any atom is -0.497 e. The van der Waals surface area contributed by atoms with Crippen molar-refractivity contribution in [1.29, 1.82) is 0 Å². The summed E-state index contributed by atoms with van der Waals surface area (Å²) in [7, 11) is 1.65. The molecule has 4 nitrogen and oxygen atoms in total. The van der Waals surface area contributed by atoms with Crippen LogP contribution < -0.4 is 10.1 Å². The lowest BCUT2D eigenvalue weighted by Gasteiger charge is -2.05. The van der Waals surface area contributed by atoms with Gasteiger partial charge in [-0.2, -0.15) is 0 Å². The van der Waals surface area contributed by atoms with Crippen molar-refractivity contribution in [3.05, 3.63) is 65.2 Å². The quantitative estimate of drug-likeness (QED) is 0.700. The highest BCUT2D eigenvalue weighted by Gasteiger charge is 2.08. The molecule has 0 aliphatic carbocycles. The molecule has 0 bridgehead atoms. The van der Waals surface area contributed by atoms with Crippen LogP contribution in [0.15, 0.2) is 53.9 Å². The van der Waals surface area contributed by atoms with Gasteiger partial charge in [-0.25, -0.2) is 4.98 Å². The van der Waals surface area contributed by atoms with Gasteiger partial charge in [-0.05, 0) is 55.3 Å². The van der Waals surface area contributed by atoms with Crippen LogP contribution in [0.25, 0.3) is 10.6 Å². The smallest absolute Gasteiger partial charge is 0.224 e. The van der Waals surface area contributed by atoms with Gasteiger partial charge < -0.3 is 10.1 Å². The number of aromatic nitrogens is 1. The normalized spacial score (nSPS) is 10.5. The lowest BCUT2D eigenvalue weighted by atomic mass is 10.2. The van der Waals surface area contributed by atoms with Gasteiger partial charge in [-0.1, -0.05) is 12.1 Å². The molecule has 1 amide bonds. The molecule has 0 aliphatic heterocycles. The third kappa shape index (κ3) is 4.67. The minimum atomic E-state index is 0.00426. The number of nitrogens with zero attached hydrogens (tertiary/aromatic N) is 1. The minimum absolute atomic E-state index is 0.00426. The number of aryl methyl sites for hydroxylation is 2. The molecule has 0 spiro atoms. The van der Waals surface area contributed by atoms with E-state index < -0.39 is 0 Å². The Morgan fingerprint density at radius 3 is 2.72 bits per heavy atom. The van der Waals surface area contributed by atoms with Gasteiger partial charge in [0.2, 0.25) is 5.91 Å². The highest BCUT2D eigenvalue weighted by atomic mass is 32.1. The molecule has 2 aromatic carbocycles. The number of amides is 1. The van der Waals surface area contributed by atoms with E-state index in [0.29, 0.717) is 12.8 Å². The monoisotopic (exact) mass is 352 g/mol. The number of hydrogen-bond donors (Lipinski definition) is 1. The molecule has 1 heterocycles. The lowest BCUT2D eigenvalue weighted by molar-refractivity contribution is -0.116. The van der Waals surface area contributed by atoms with Crippen molar-refractivity contribution in [2.75, 3.05) is 12.4 Å². The summed E-state index contributed by atoms with van der Waals surface area (Å²) in [5, 5.41) is 5.90. The molecule has 0 saturated carbocycles. The summed E-state index contributed by atoms with van der Waals surface area (Å²) in [6, 6.07) is 15.6. The summed E-state index contributed by atoms with van der Waals surface area (Å²) >= 11 is 1.59. The number of carbonyl (C=O) groups excluding carboxylic acids is 1. The molecule has 0 fully saturated rings. The maximum absolute atomic E-state index is 12.1. The predicted molar refractivity (Wildman–Crippen MR) is 102 cm³/mol. The summed E-state index contributed by atoms with van der Waals surface area (Å²) in [6.07, 6.45) is 1.05. The van der Waals surface area contributed by atoms with Crippen LogP contribution in [0.5, 0.6) is 5.75 Å². The Balaban J connectivity index is 1.56. The van der Waals surface area contributed by atoms with Gasteiger partial charge in [0, 0.05) is 23.1 Å². The van der Waals surface area contributed by atoms with Crippen molar-refractivity contribution in [2.24, 2.45) is 0 Å². The zero-order valence-corrected chi connectivity index (χ0v) is 15.1. The second kappa shape index (κ2) is 7.94. The number of benzene rings is 2. The summed E-state index contributed by atoms with van der Waals surface area (Å²) in [5.41, 5.74) is 3.96. The first-order chi connectivity index (χ1) is 12.1. The van der Waals surface area contributed by atoms with Gasteiger partial charge >= 0.3 is 0 Å².